The van der Waals surface area contributed by atoms with Crippen molar-refractivity contribution >= 4 is 86.2 Å². The van der Waals surface area contributed by atoms with Crippen molar-refractivity contribution in [2.45, 2.75) is 0 Å². The third kappa shape index (κ3) is 4.35. The van der Waals surface area contributed by atoms with Crippen LogP contribution in [0, 0.1) is 0 Å². The van der Waals surface area contributed by atoms with Gasteiger partial charge in [-0.1, -0.05) is 182 Å². The monoisotopic (exact) mass is 730 g/mol. The molecule has 0 atom stereocenters. The first-order valence-electron chi connectivity index (χ1n) is 20.3. The van der Waals surface area contributed by atoms with Gasteiger partial charge in [-0.25, -0.2) is 0 Å². The van der Waals surface area contributed by atoms with Crippen LogP contribution in [0.15, 0.2) is 206 Å². The largest absolute Gasteiger partial charge is 0.0622 e. The highest BCUT2D eigenvalue weighted by Gasteiger charge is 2.27. The van der Waals surface area contributed by atoms with Crippen molar-refractivity contribution in [2.24, 2.45) is 0 Å². The highest BCUT2D eigenvalue weighted by Crippen LogP contribution is 2.55. The summed E-state index contributed by atoms with van der Waals surface area (Å²) < 4.78 is 0. The minimum absolute atomic E-state index is 1.24. The topological polar surface area (TPSA) is 0 Å². The van der Waals surface area contributed by atoms with Crippen LogP contribution in [0.2, 0.25) is 0 Å². The molecule has 0 aliphatic rings. The predicted molar refractivity (Wildman–Crippen MR) is 251 cm³/mol. The number of hydrogen-bond donors (Lipinski definition) is 0. The van der Waals surface area contributed by atoms with Gasteiger partial charge in [0.05, 0.1) is 0 Å². The zero-order valence-corrected chi connectivity index (χ0v) is 31.6. The van der Waals surface area contributed by atoms with Crippen LogP contribution in [-0.4, -0.2) is 0 Å². The molecule has 0 nitrogen and oxygen atoms in total. The van der Waals surface area contributed by atoms with Crippen LogP contribution < -0.4 is 0 Å². The number of rotatable bonds is 4. The lowest BCUT2D eigenvalue weighted by Gasteiger charge is -2.19. The molecule has 13 rings (SSSR count). The fraction of sp³-hybridized carbons (Fsp3) is 0. The van der Waals surface area contributed by atoms with Gasteiger partial charge in [0, 0.05) is 0 Å². The molecule has 13 aromatic carbocycles. The summed E-state index contributed by atoms with van der Waals surface area (Å²) >= 11 is 0. The summed E-state index contributed by atoms with van der Waals surface area (Å²) in [6.45, 7) is 0. The average Bonchev–Trinajstić information content (AvgIpc) is 3.80. The Balaban J connectivity index is 1.28. The molecule has 0 spiro atoms. The molecule has 0 aromatic heterocycles. The summed E-state index contributed by atoms with van der Waals surface area (Å²) in [6.07, 6.45) is 0. The van der Waals surface area contributed by atoms with Crippen LogP contribution in [0.25, 0.3) is 131 Å². The van der Waals surface area contributed by atoms with Gasteiger partial charge in [-0.15, -0.1) is 0 Å². The second-order valence-corrected chi connectivity index (χ2v) is 15.9. The SMILES string of the molecule is c1ccc(-c2ccc3cc4c5c(-c6ccccc6)c6c(cc7c8cc(-c9ccccc9)ccc8c8cccc6c87)c(-c6ccccc6)c5c5cccc(c3c2)c54)cc1. The Morgan fingerprint density at radius 1 is 0.172 bits per heavy atom. The van der Waals surface area contributed by atoms with Gasteiger partial charge in [0.15, 0.2) is 0 Å². The second-order valence-electron chi connectivity index (χ2n) is 15.9. The van der Waals surface area contributed by atoms with Crippen molar-refractivity contribution < 1.29 is 0 Å². The van der Waals surface area contributed by atoms with E-state index in [2.05, 4.69) is 206 Å². The highest BCUT2D eigenvalue weighted by molar-refractivity contribution is 6.46. The van der Waals surface area contributed by atoms with E-state index in [9.17, 15) is 0 Å². The van der Waals surface area contributed by atoms with E-state index in [-0.39, 0.29) is 0 Å². The molecule has 0 heteroatoms. The van der Waals surface area contributed by atoms with Gasteiger partial charge in [-0.05, 0) is 155 Å². The third-order valence-corrected chi connectivity index (χ3v) is 12.9. The normalized spacial score (nSPS) is 12.1. The lowest BCUT2D eigenvalue weighted by atomic mass is 9.83. The fourth-order valence-corrected chi connectivity index (χ4v) is 10.5. The Bertz CT molecular complexity index is 3730. The molecule has 266 valence electrons. The van der Waals surface area contributed by atoms with E-state index in [1.807, 2.05) is 0 Å². The van der Waals surface area contributed by atoms with Gasteiger partial charge in [0.2, 0.25) is 0 Å². The van der Waals surface area contributed by atoms with Crippen molar-refractivity contribution in [3.05, 3.63) is 206 Å². The molecule has 0 saturated heterocycles. The number of fused-ring (bicyclic) bond motifs is 10. The Hall–Kier alpha value is -7.54. The molecule has 0 fully saturated rings. The number of benzene rings is 11. The van der Waals surface area contributed by atoms with Crippen LogP contribution in [0.5, 0.6) is 0 Å². The zero-order chi connectivity index (χ0) is 37.9. The van der Waals surface area contributed by atoms with Gasteiger partial charge >= 0.3 is 0 Å². The first-order chi connectivity index (χ1) is 28.8. The Kier molecular flexibility index (Phi) is 6.54. The summed E-state index contributed by atoms with van der Waals surface area (Å²) in [6, 6.07) is 76.9. The molecule has 0 amide bonds. The molecule has 0 bridgehead atoms. The molecule has 0 aliphatic heterocycles. The maximum absolute atomic E-state index is 2.54. The fourth-order valence-electron chi connectivity index (χ4n) is 10.5. The average molecular weight is 731 g/mol. The Labute approximate surface area is 335 Å². The lowest BCUT2D eigenvalue weighted by molar-refractivity contribution is 1.65. The molecule has 0 saturated carbocycles. The van der Waals surface area contributed by atoms with Crippen LogP contribution in [0.3, 0.4) is 0 Å². The van der Waals surface area contributed by atoms with Crippen LogP contribution in [0.1, 0.15) is 0 Å². The maximum atomic E-state index is 2.54. The van der Waals surface area contributed by atoms with Crippen LogP contribution >= 0.6 is 0 Å². The molecule has 0 heterocycles. The van der Waals surface area contributed by atoms with Crippen LogP contribution in [0.4, 0.5) is 0 Å². The van der Waals surface area contributed by atoms with E-state index in [0.717, 1.165) is 0 Å². The molecule has 0 radical (unpaired) electrons. The van der Waals surface area contributed by atoms with Crippen molar-refractivity contribution in [2.75, 3.05) is 0 Å². The smallest absolute Gasteiger partial charge is 0.000697 e. The van der Waals surface area contributed by atoms with Gasteiger partial charge < -0.3 is 0 Å². The Morgan fingerprint density at radius 3 is 1.29 bits per heavy atom. The van der Waals surface area contributed by atoms with Gasteiger partial charge in [0.25, 0.3) is 0 Å². The van der Waals surface area contributed by atoms with Gasteiger partial charge in [-0.2, -0.15) is 0 Å². The van der Waals surface area contributed by atoms with E-state index in [4.69, 9.17) is 0 Å². The summed E-state index contributed by atoms with van der Waals surface area (Å²) in [5.41, 5.74) is 10.1. The molecular formula is C58H34. The standard InChI is InChI=1S/C58H34/c1-5-15-35(16-6-1)39-27-28-41-33-50-55-44(47(41)31-39)24-14-26-46(55)57-52(37-19-9-3-10-20-37)51-34-49-48-32-40(36-17-7-2-8-18-36)29-30-42(48)43-23-13-25-45(54(43)49)56(51)53(58(50)57)38-21-11-4-12-22-38/h1-34H. The summed E-state index contributed by atoms with van der Waals surface area (Å²) in [4.78, 5) is 0. The molecule has 0 N–H and O–H groups in total. The minimum Gasteiger partial charge on any atom is -0.0622 e. The minimum atomic E-state index is 1.24. The molecule has 0 unspecified atom stereocenters. The lowest BCUT2D eigenvalue weighted by Crippen LogP contribution is -1.91. The highest BCUT2D eigenvalue weighted by atomic mass is 14.3. The van der Waals surface area contributed by atoms with Gasteiger partial charge in [-0.3, -0.25) is 0 Å². The van der Waals surface area contributed by atoms with E-state index in [0.29, 0.717) is 0 Å². The van der Waals surface area contributed by atoms with Gasteiger partial charge in [0.1, 0.15) is 0 Å². The molecular weight excluding hydrogens is 697 g/mol. The summed E-state index contributed by atoms with van der Waals surface area (Å²) in [5, 5.41) is 21.0. The van der Waals surface area contributed by atoms with E-state index >= 15 is 0 Å². The number of hydrogen-bond acceptors (Lipinski definition) is 0. The molecule has 13 aromatic rings. The van der Waals surface area contributed by atoms with Crippen molar-refractivity contribution in [3.63, 3.8) is 0 Å². The van der Waals surface area contributed by atoms with Crippen LogP contribution in [-0.2, 0) is 0 Å². The predicted octanol–water partition coefficient (Wildman–Crippen LogP) is 16.5. The van der Waals surface area contributed by atoms with E-state index in [1.54, 1.807) is 0 Å². The first kappa shape index (κ1) is 31.6. The van der Waals surface area contributed by atoms with E-state index in [1.165, 1.54) is 131 Å². The summed E-state index contributed by atoms with van der Waals surface area (Å²) in [7, 11) is 0. The molecule has 58 heavy (non-hydrogen) atoms. The summed E-state index contributed by atoms with van der Waals surface area (Å²) in [5.74, 6) is 0. The van der Waals surface area contributed by atoms with Crippen molar-refractivity contribution in [1.29, 1.82) is 0 Å². The first-order valence-corrected chi connectivity index (χ1v) is 20.3. The quantitative estimate of drug-likeness (QED) is 0.158. The third-order valence-electron chi connectivity index (χ3n) is 12.9. The Morgan fingerprint density at radius 2 is 0.655 bits per heavy atom. The zero-order valence-electron chi connectivity index (χ0n) is 31.6. The van der Waals surface area contributed by atoms with E-state index < -0.39 is 0 Å². The maximum Gasteiger partial charge on any atom is -0.000697 e. The second kappa shape index (κ2) is 12.0. The van der Waals surface area contributed by atoms with Crippen molar-refractivity contribution in [3.8, 4) is 44.5 Å². The van der Waals surface area contributed by atoms with Crippen molar-refractivity contribution in [1.82, 2.24) is 0 Å². The molecule has 0 aliphatic carbocycles.